The molecule has 0 saturated carbocycles. The first-order valence-electron chi connectivity index (χ1n) is 11.3. The molecule has 164 valence electrons. The number of methoxy groups -OCH3 is 1. The zero-order valence-electron chi connectivity index (χ0n) is 19.3. The molecule has 33 heavy (non-hydrogen) atoms. The van der Waals surface area contributed by atoms with Crippen molar-refractivity contribution in [2.24, 2.45) is 0 Å². The number of ketones is 1. The van der Waals surface area contributed by atoms with Crippen molar-refractivity contribution in [1.82, 2.24) is 0 Å². The zero-order chi connectivity index (χ0) is 23.0. The van der Waals surface area contributed by atoms with Crippen molar-refractivity contribution in [3.63, 3.8) is 0 Å². The van der Waals surface area contributed by atoms with E-state index in [4.69, 9.17) is 4.74 Å². The third kappa shape index (κ3) is 3.96. The van der Waals surface area contributed by atoms with E-state index < -0.39 is 0 Å². The van der Waals surface area contributed by atoms with E-state index in [9.17, 15) is 4.79 Å². The highest BCUT2D eigenvalue weighted by Crippen LogP contribution is 2.43. The van der Waals surface area contributed by atoms with Gasteiger partial charge in [0.1, 0.15) is 18.8 Å². The van der Waals surface area contributed by atoms with E-state index in [2.05, 4.69) is 68.7 Å². The van der Waals surface area contributed by atoms with Crippen LogP contribution in [-0.4, -0.2) is 31.5 Å². The molecule has 3 nitrogen and oxygen atoms in total. The van der Waals surface area contributed by atoms with Gasteiger partial charge in [0.15, 0.2) is 5.78 Å². The Morgan fingerprint density at radius 3 is 2.18 bits per heavy atom. The number of ether oxygens (including phenoxy) is 1. The van der Waals surface area contributed by atoms with Crippen molar-refractivity contribution < 1.29 is 14.0 Å². The van der Waals surface area contributed by atoms with Gasteiger partial charge in [-0.05, 0) is 29.3 Å². The van der Waals surface area contributed by atoms with Crippen molar-refractivity contribution in [1.29, 1.82) is 0 Å². The standard InChI is InChI=1S/C30H28NO2/c1-31(2,19-21-10-6-4-7-11-21)20-24-18-25-26(32)16-14-23-15-17-27(33-3)30(29(23)25)28(24)22-12-8-5-9-13-22/h4-18H,19-20H2,1-3H3/q+1. The van der Waals surface area contributed by atoms with Crippen LogP contribution in [0.4, 0.5) is 0 Å². The Balaban J connectivity index is 1.76. The number of nitrogens with zero attached hydrogens (tertiary/aromatic N) is 1. The van der Waals surface area contributed by atoms with Crippen molar-refractivity contribution in [3.8, 4) is 16.9 Å². The lowest BCUT2D eigenvalue weighted by Gasteiger charge is -2.32. The Morgan fingerprint density at radius 2 is 1.48 bits per heavy atom. The van der Waals surface area contributed by atoms with Crippen LogP contribution < -0.4 is 4.74 Å². The molecular formula is C30H28NO2+. The van der Waals surface area contributed by atoms with Gasteiger partial charge in [0.25, 0.3) is 0 Å². The van der Waals surface area contributed by atoms with Gasteiger partial charge in [0.05, 0.1) is 21.2 Å². The van der Waals surface area contributed by atoms with E-state index in [0.29, 0.717) is 0 Å². The SMILES string of the molecule is COc1ccc2c3c(cc(C[N+](C)(C)Cc4ccccc4)c(-c4ccccc4)c13)C(=O)C=C2. The molecule has 1 aliphatic rings. The van der Waals surface area contributed by atoms with Crippen molar-refractivity contribution in [2.75, 3.05) is 21.2 Å². The Hall–Kier alpha value is -3.69. The summed E-state index contributed by atoms with van der Waals surface area (Å²) in [4.78, 5) is 13.0. The Morgan fingerprint density at radius 1 is 0.788 bits per heavy atom. The van der Waals surface area contributed by atoms with Gasteiger partial charge in [-0.2, -0.15) is 0 Å². The fourth-order valence-electron chi connectivity index (χ4n) is 5.03. The second kappa shape index (κ2) is 8.34. The second-order valence-electron chi connectivity index (χ2n) is 9.37. The predicted molar refractivity (Wildman–Crippen MR) is 135 cm³/mol. The molecule has 0 aromatic heterocycles. The third-order valence-electron chi connectivity index (χ3n) is 6.37. The molecular weight excluding hydrogens is 406 g/mol. The summed E-state index contributed by atoms with van der Waals surface area (Å²) in [6.07, 6.45) is 3.60. The quantitative estimate of drug-likeness (QED) is 0.324. The molecule has 0 fully saturated rings. The van der Waals surface area contributed by atoms with Gasteiger partial charge >= 0.3 is 0 Å². The molecule has 0 amide bonds. The van der Waals surface area contributed by atoms with Crippen LogP contribution in [0.15, 0.2) is 84.9 Å². The molecule has 0 bridgehead atoms. The number of carbonyl (C=O) groups is 1. The smallest absolute Gasteiger partial charge is 0.186 e. The fourth-order valence-corrected chi connectivity index (χ4v) is 5.03. The Kier molecular flexibility index (Phi) is 5.35. The fraction of sp³-hybridized carbons (Fsp3) is 0.167. The van der Waals surface area contributed by atoms with E-state index in [1.807, 2.05) is 30.3 Å². The maximum atomic E-state index is 13.0. The molecule has 4 aromatic rings. The lowest BCUT2D eigenvalue weighted by atomic mass is 9.84. The summed E-state index contributed by atoms with van der Waals surface area (Å²) >= 11 is 0. The number of allylic oxidation sites excluding steroid dienone is 1. The largest absolute Gasteiger partial charge is 0.496 e. The minimum Gasteiger partial charge on any atom is -0.496 e. The van der Waals surface area contributed by atoms with E-state index in [-0.39, 0.29) is 5.78 Å². The third-order valence-corrected chi connectivity index (χ3v) is 6.37. The van der Waals surface area contributed by atoms with E-state index in [1.165, 1.54) is 5.56 Å². The minimum atomic E-state index is 0.0509. The van der Waals surface area contributed by atoms with Crippen LogP contribution in [0.1, 0.15) is 27.0 Å². The highest BCUT2D eigenvalue weighted by molar-refractivity contribution is 6.23. The molecule has 0 aliphatic heterocycles. The van der Waals surface area contributed by atoms with Crippen LogP contribution in [0.25, 0.3) is 28.0 Å². The van der Waals surface area contributed by atoms with Gasteiger partial charge in [-0.3, -0.25) is 4.79 Å². The summed E-state index contributed by atoms with van der Waals surface area (Å²) in [7, 11) is 6.19. The van der Waals surface area contributed by atoms with Crippen molar-refractivity contribution in [2.45, 2.75) is 13.1 Å². The molecule has 0 atom stereocenters. The maximum absolute atomic E-state index is 13.0. The van der Waals surface area contributed by atoms with Crippen molar-refractivity contribution >= 4 is 22.6 Å². The first-order valence-corrected chi connectivity index (χ1v) is 11.3. The molecule has 0 heterocycles. The van der Waals surface area contributed by atoms with Crippen LogP contribution in [-0.2, 0) is 13.1 Å². The summed E-state index contributed by atoms with van der Waals surface area (Å²) in [5.41, 5.74) is 6.55. The van der Waals surface area contributed by atoms with E-state index >= 15 is 0 Å². The lowest BCUT2D eigenvalue weighted by Crippen LogP contribution is -2.38. The number of hydrogen-bond acceptors (Lipinski definition) is 2. The molecule has 0 N–H and O–H groups in total. The lowest BCUT2D eigenvalue weighted by molar-refractivity contribution is -0.916. The van der Waals surface area contributed by atoms with Crippen LogP contribution >= 0.6 is 0 Å². The molecule has 0 unspecified atom stereocenters. The summed E-state index contributed by atoms with van der Waals surface area (Å²) in [6, 6.07) is 27.2. The second-order valence-corrected chi connectivity index (χ2v) is 9.37. The van der Waals surface area contributed by atoms with Gasteiger partial charge < -0.3 is 9.22 Å². The maximum Gasteiger partial charge on any atom is 0.186 e. The number of hydrogen-bond donors (Lipinski definition) is 0. The summed E-state index contributed by atoms with van der Waals surface area (Å²) in [5.74, 6) is 0.849. The first kappa shape index (κ1) is 21.2. The Labute approximate surface area is 195 Å². The monoisotopic (exact) mass is 434 g/mol. The number of rotatable bonds is 6. The van der Waals surface area contributed by atoms with Crippen LogP contribution in [0.5, 0.6) is 5.75 Å². The van der Waals surface area contributed by atoms with E-state index in [1.54, 1.807) is 13.2 Å². The molecule has 4 aromatic carbocycles. The molecule has 0 spiro atoms. The van der Waals surface area contributed by atoms with Crippen LogP contribution in [0, 0.1) is 0 Å². The molecule has 1 aliphatic carbocycles. The predicted octanol–water partition coefficient (Wildman–Crippen LogP) is 6.50. The highest BCUT2D eigenvalue weighted by Gasteiger charge is 2.27. The van der Waals surface area contributed by atoms with E-state index in [0.717, 1.165) is 61.9 Å². The molecule has 0 saturated heterocycles. The first-order chi connectivity index (χ1) is 16.0. The topological polar surface area (TPSA) is 26.3 Å². The molecule has 3 heteroatoms. The van der Waals surface area contributed by atoms with Gasteiger partial charge in [0.2, 0.25) is 0 Å². The van der Waals surface area contributed by atoms with Crippen molar-refractivity contribution in [3.05, 3.63) is 107 Å². The summed E-state index contributed by atoms with van der Waals surface area (Å²) in [6.45, 7) is 1.68. The number of quaternary nitrogens is 1. The minimum absolute atomic E-state index is 0.0509. The van der Waals surface area contributed by atoms with Crippen LogP contribution in [0.2, 0.25) is 0 Å². The average molecular weight is 435 g/mol. The number of carbonyl (C=O) groups excluding carboxylic acids is 1. The highest BCUT2D eigenvalue weighted by atomic mass is 16.5. The molecule has 5 rings (SSSR count). The summed E-state index contributed by atoms with van der Waals surface area (Å²) in [5, 5.41) is 2.00. The zero-order valence-corrected chi connectivity index (χ0v) is 19.3. The van der Waals surface area contributed by atoms with Gasteiger partial charge in [-0.15, -0.1) is 0 Å². The Bertz CT molecular complexity index is 1370. The van der Waals surface area contributed by atoms with Gasteiger partial charge in [0, 0.05) is 33.0 Å². The van der Waals surface area contributed by atoms with Crippen LogP contribution in [0.3, 0.4) is 0 Å². The van der Waals surface area contributed by atoms with Gasteiger partial charge in [-0.25, -0.2) is 0 Å². The average Bonchev–Trinajstić information content (AvgIpc) is 2.82. The van der Waals surface area contributed by atoms with Gasteiger partial charge in [-0.1, -0.05) is 72.8 Å². The number of benzene rings is 4. The molecule has 0 radical (unpaired) electrons. The summed E-state index contributed by atoms with van der Waals surface area (Å²) < 4.78 is 6.61. The normalized spacial score (nSPS) is 12.9.